The monoisotopic (exact) mass is 492 g/mol. The molecule has 1 fully saturated rings. The van der Waals surface area contributed by atoms with Crippen LogP contribution < -0.4 is 9.47 Å². The third-order valence-corrected chi connectivity index (χ3v) is 5.73. The fourth-order valence-corrected chi connectivity index (χ4v) is 3.59. The number of carboxylic acid groups (broad SMARTS) is 2. The van der Waals surface area contributed by atoms with Gasteiger partial charge in [0.2, 0.25) is 12.0 Å². The maximum absolute atomic E-state index is 11.6. The molecule has 2 rings (SSSR count). The van der Waals surface area contributed by atoms with E-state index < -0.39 is 24.1 Å². The van der Waals surface area contributed by atoms with Gasteiger partial charge in [-0.05, 0) is 69.5 Å². The Labute approximate surface area is 205 Å². The summed E-state index contributed by atoms with van der Waals surface area (Å²) in [5.74, 6) is -1.64. The smallest absolute Gasteiger partial charge is 0.348 e. The summed E-state index contributed by atoms with van der Waals surface area (Å²) in [6, 6.07) is 5.24. The van der Waals surface area contributed by atoms with Crippen LogP contribution in [0.4, 0.5) is 0 Å². The lowest BCUT2D eigenvalue weighted by atomic mass is 9.88. The average molecular weight is 493 g/mol. The van der Waals surface area contributed by atoms with Gasteiger partial charge in [0.15, 0.2) is 17.6 Å². The van der Waals surface area contributed by atoms with E-state index in [1.807, 2.05) is 19.0 Å². The van der Waals surface area contributed by atoms with Gasteiger partial charge in [0.1, 0.15) is 6.61 Å². The first-order valence-electron chi connectivity index (χ1n) is 11.6. The van der Waals surface area contributed by atoms with Crippen LogP contribution in [0.1, 0.15) is 38.2 Å². The van der Waals surface area contributed by atoms with E-state index in [2.05, 4.69) is 11.9 Å². The maximum atomic E-state index is 11.6. The van der Waals surface area contributed by atoms with E-state index in [-0.39, 0.29) is 11.9 Å². The molecular formula is C25H36N2O8. The summed E-state index contributed by atoms with van der Waals surface area (Å²) in [4.78, 5) is 29.3. The first-order valence-corrected chi connectivity index (χ1v) is 11.6. The second kappa shape index (κ2) is 13.7. The number of aliphatic hydroxyl groups is 1. The van der Waals surface area contributed by atoms with E-state index in [0.29, 0.717) is 29.6 Å². The minimum absolute atomic E-state index is 0.0532. The van der Waals surface area contributed by atoms with E-state index in [4.69, 9.17) is 19.3 Å². The third-order valence-electron chi connectivity index (χ3n) is 5.73. The van der Waals surface area contributed by atoms with Crippen molar-refractivity contribution in [3.63, 3.8) is 0 Å². The lowest BCUT2D eigenvalue weighted by molar-refractivity contribution is -0.164. The number of hydrogen-bond donors (Lipinski definition) is 3. The van der Waals surface area contributed by atoms with Gasteiger partial charge in [-0.3, -0.25) is 0 Å². The Balaban J connectivity index is 2.26. The van der Waals surface area contributed by atoms with Crippen molar-refractivity contribution in [1.82, 2.24) is 4.90 Å². The Bertz CT molecular complexity index is 907. The van der Waals surface area contributed by atoms with E-state index in [1.54, 1.807) is 24.3 Å². The van der Waals surface area contributed by atoms with Gasteiger partial charge in [0, 0.05) is 12.6 Å². The van der Waals surface area contributed by atoms with Gasteiger partial charge in [-0.25, -0.2) is 14.6 Å². The normalized spacial score (nSPS) is 20.5. The highest BCUT2D eigenvalue weighted by Gasteiger charge is 2.35. The van der Waals surface area contributed by atoms with Gasteiger partial charge in [-0.2, -0.15) is 0 Å². The molecule has 0 bridgehead atoms. The zero-order chi connectivity index (χ0) is 26.0. The molecule has 0 saturated heterocycles. The summed E-state index contributed by atoms with van der Waals surface area (Å²) in [6.45, 7) is 3.41. The molecule has 1 aromatic carbocycles. The minimum Gasteiger partial charge on any atom is -0.493 e. The quantitative estimate of drug-likeness (QED) is 0.297. The number of aliphatic hydroxyl groups excluding tert-OH is 1. The first-order chi connectivity index (χ1) is 16.6. The fourth-order valence-electron chi connectivity index (χ4n) is 3.59. The predicted octanol–water partition coefficient (Wildman–Crippen LogP) is 2.54. The van der Waals surface area contributed by atoms with Crippen molar-refractivity contribution < 1.29 is 39.1 Å². The summed E-state index contributed by atoms with van der Waals surface area (Å²) in [6.07, 6.45) is 2.49. The van der Waals surface area contributed by atoms with Crippen LogP contribution in [-0.4, -0.2) is 90.7 Å². The Morgan fingerprint density at radius 1 is 1.14 bits per heavy atom. The van der Waals surface area contributed by atoms with Crippen molar-refractivity contribution in [2.45, 2.75) is 50.9 Å². The molecule has 2 unspecified atom stereocenters. The Kier molecular flexibility index (Phi) is 11.0. The number of rotatable bonds is 12. The lowest BCUT2D eigenvalue weighted by Crippen LogP contribution is -2.43. The number of carbonyl (C=O) groups is 2. The number of nitrogens with zero attached hydrogens (tertiary/aromatic N) is 2. The zero-order valence-corrected chi connectivity index (χ0v) is 20.7. The van der Waals surface area contributed by atoms with Gasteiger partial charge in [0.25, 0.3) is 0 Å². The molecule has 1 aromatic rings. The SMILES string of the molecule is COc1cc(/C=C/C(=NC2CCC(C)CC2)OC(C(=O)O)C(O)C(=O)O)ccc1OCCN(C)C. The van der Waals surface area contributed by atoms with Gasteiger partial charge >= 0.3 is 11.9 Å². The fraction of sp³-hybridized carbons (Fsp3) is 0.560. The van der Waals surface area contributed by atoms with E-state index in [9.17, 15) is 19.8 Å². The molecule has 0 amide bonds. The number of aliphatic imine (C=N–C) groups is 1. The lowest BCUT2D eigenvalue weighted by Gasteiger charge is -2.24. The van der Waals surface area contributed by atoms with Gasteiger partial charge < -0.3 is 34.4 Å². The van der Waals surface area contributed by atoms with Gasteiger partial charge in [-0.15, -0.1) is 0 Å². The van der Waals surface area contributed by atoms with Crippen molar-refractivity contribution in [3.8, 4) is 11.5 Å². The van der Waals surface area contributed by atoms with Gasteiger partial charge in [0.05, 0.1) is 13.2 Å². The minimum atomic E-state index is -2.24. The number of hydrogen-bond acceptors (Lipinski definition) is 8. The third kappa shape index (κ3) is 9.22. The number of methoxy groups -OCH3 is 1. The van der Waals surface area contributed by atoms with Crippen LogP contribution in [0, 0.1) is 5.92 Å². The van der Waals surface area contributed by atoms with Crippen LogP contribution in [0.15, 0.2) is 29.3 Å². The molecule has 194 valence electrons. The molecule has 1 aliphatic carbocycles. The van der Waals surface area contributed by atoms with Crippen molar-refractivity contribution in [2.24, 2.45) is 10.9 Å². The largest absolute Gasteiger partial charge is 0.493 e. The molecule has 3 N–H and O–H groups in total. The van der Waals surface area contributed by atoms with Crippen molar-refractivity contribution in [3.05, 3.63) is 29.8 Å². The van der Waals surface area contributed by atoms with Crippen molar-refractivity contribution >= 4 is 23.9 Å². The van der Waals surface area contributed by atoms with Crippen molar-refractivity contribution in [1.29, 1.82) is 0 Å². The number of aliphatic carboxylic acids is 2. The van der Waals surface area contributed by atoms with Crippen LogP contribution in [0.2, 0.25) is 0 Å². The second-order valence-electron chi connectivity index (χ2n) is 8.94. The van der Waals surface area contributed by atoms with Crippen LogP contribution in [0.3, 0.4) is 0 Å². The number of benzene rings is 1. The van der Waals surface area contributed by atoms with E-state index in [1.165, 1.54) is 13.2 Å². The molecule has 10 nitrogen and oxygen atoms in total. The molecule has 0 spiro atoms. The molecule has 0 aromatic heterocycles. The average Bonchev–Trinajstić information content (AvgIpc) is 2.81. The molecular weight excluding hydrogens is 456 g/mol. The molecule has 1 saturated carbocycles. The topological polar surface area (TPSA) is 138 Å². The predicted molar refractivity (Wildman–Crippen MR) is 131 cm³/mol. The molecule has 0 heterocycles. The highest BCUT2D eigenvalue weighted by Crippen LogP contribution is 2.29. The number of likely N-dealkylation sites (N-methyl/N-ethyl adjacent to an activating group) is 1. The number of carboxylic acids is 2. The molecule has 10 heteroatoms. The van der Waals surface area contributed by atoms with Crippen LogP contribution >= 0.6 is 0 Å². The van der Waals surface area contributed by atoms with Gasteiger partial charge in [-0.1, -0.05) is 13.0 Å². The van der Waals surface area contributed by atoms with Crippen LogP contribution in [-0.2, 0) is 14.3 Å². The summed E-state index contributed by atoms with van der Waals surface area (Å²) in [5, 5.41) is 28.3. The second-order valence-corrected chi connectivity index (χ2v) is 8.94. The first kappa shape index (κ1) is 28.1. The summed E-state index contributed by atoms with van der Waals surface area (Å²) >= 11 is 0. The summed E-state index contributed by atoms with van der Waals surface area (Å²) in [7, 11) is 5.44. The highest BCUT2D eigenvalue weighted by atomic mass is 16.5. The Morgan fingerprint density at radius 2 is 1.83 bits per heavy atom. The molecule has 1 aliphatic rings. The molecule has 0 aliphatic heterocycles. The number of ether oxygens (including phenoxy) is 3. The van der Waals surface area contributed by atoms with E-state index >= 15 is 0 Å². The molecule has 0 radical (unpaired) electrons. The van der Waals surface area contributed by atoms with Crippen molar-refractivity contribution in [2.75, 3.05) is 34.4 Å². The summed E-state index contributed by atoms with van der Waals surface area (Å²) < 4.78 is 16.6. The molecule has 35 heavy (non-hydrogen) atoms. The zero-order valence-electron chi connectivity index (χ0n) is 20.7. The maximum Gasteiger partial charge on any atom is 0.348 e. The van der Waals surface area contributed by atoms with Crippen LogP contribution in [0.5, 0.6) is 11.5 Å². The van der Waals surface area contributed by atoms with E-state index in [0.717, 1.165) is 32.2 Å². The molecule has 2 atom stereocenters. The standard InChI is InChI=1S/C25H36N2O8/c1-16-5-9-18(10-6-16)26-21(35-23(25(31)32)22(28)24(29)30)12-8-17-7-11-19(20(15-17)33-4)34-14-13-27(2)3/h7-8,11-12,15-16,18,22-23,28H,5-6,9-10,13-14H2,1-4H3,(H,29,30)(H,31,32)/b12-8+,26-21?. The highest BCUT2D eigenvalue weighted by molar-refractivity contribution is 5.95. The van der Waals surface area contributed by atoms with Crippen LogP contribution in [0.25, 0.3) is 6.08 Å². The Morgan fingerprint density at radius 3 is 2.40 bits per heavy atom. The Hall–Kier alpha value is -3.11. The summed E-state index contributed by atoms with van der Waals surface area (Å²) in [5.41, 5.74) is 0.709.